The van der Waals surface area contributed by atoms with E-state index >= 15 is 0 Å². The van der Waals surface area contributed by atoms with Crippen LogP contribution in [-0.4, -0.2) is 13.0 Å². The minimum absolute atomic E-state index is 0.105. The Hall–Kier alpha value is -1.33. The fourth-order valence-corrected chi connectivity index (χ4v) is 3.04. The van der Waals surface area contributed by atoms with Gasteiger partial charge in [0, 0.05) is 8.95 Å². The number of halogens is 2. The van der Waals surface area contributed by atoms with Gasteiger partial charge in [-0.05, 0) is 52.7 Å². The average molecular weight is 413 g/mol. The van der Waals surface area contributed by atoms with Crippen molar-refractivity contribution in [2.75, 3.05) is 7.11 Å². The van der Waals surface area contributed by atoms with Gasteiger partial charge in [-0.25, -0.2) is 0 Å². The van der Waals surface area contributed by atoms with Crippen molar-refractivity contribution in [2.24, 2.45) is 0 Å². The summed E-state index contributed by atoms with van der Waals surface area (Å²) in [5.41, 5.74) is 1.58. The first-order valence-electron chi connectivity index (χ1n) is 6.41. The summed E-state index contributed by atoms with van der Waals surface area (Å²) in [4.78, 5) is 12.4. The molecule has 5 heteroatoms. The van der Waals surface area contributed by atoms with E-state index < -0.39 is 0 Å². The Balaban J connectivity index is 2.20. The quantitative estimate of drug-likeness (QED) is 0.789. The lowest BCUT2D eigenvalue weighted by molar-refractivity contribution is 0.0938. The molecule has 0 aliphatic heterocycles. The summed E-state index contributed by atoms with van der Waals surface area (Å²) in [6.45, 7) is 1.95. The highest BCUT2D eigenvalue weighted by Crippen LogP contribution is 2.25. The predicted molar refractivity (Wildman–Crippen MR) is 90.7 cm³/mol. The molecule has 0 aliphatic rings. The first kappa shape index (κ1) is 16.0. The zero-order chi connectivity index (χ0) is 15.4. The van der Waals surface area contributed by atoms with Crippen molar-refractivity contribution < 1.29 is 9.53 Å². The number of nitrogens with one attached hydrogen (secondary N) is 1. The standard InChI is InChI=1S/C16H15Br2NO2/c1-10(12-5-3-4-6-14(12)17)19-16(20)13-9-11(21-2)7-8-15(13)18/h3-10H,1-2H3,(H,19,20). The van der Waals surface area contributed by atoms with Gasteiger partial charge in [0.1, 0.15) is 5.75 Å². The number of amides is 1. The molecular formula is C16H15Br2NO2. The fraction of sp³-hybridized carbons (Fsp3) is 0.188. The molecule has 0 aliphatic carbocycles. The molecule has 2 aromatic carbocycles. The van der Waals surface area contributed by atoms with Crippen LogP contribution in [0.4, 0.5) is 0 Å². The largest absolute Gasteiger partial charge is 0.497 e. The Bertz CT molecular complexity index is 658. The second-order valence-electron chi connectivity index (χ2n) is 4.56. The molecule has 1 N–H and O–H groups in total. The van der Waals surface area contributed by atoms with Gasteiger partial charge in [-0.2, -0.15) is 0 Å². The monoisotopic (exact) mass is 411 g/mol. The van der Waals surface area contributed by atoms with Crippen LogP contribution >= 0.6 is 31.9 Å². The van der Waals surface area contributed by atoms with E-state index in [1.807, 2.05) is 31.2 Å². The molecule has 2 aromatic rings. The Morgan fingerprint density at radius 2 is 1.86 bits per heavy atom. The van der Waals surface area contributed by atoms with Crippen molar-refractivity contribution in [1.29, 1.82) is 0 Å². The summed E-state index contributed by atoms with van der Waals surface area (Å²) in [6, 6.07) is 13.0. The molecule has 0 heterocycles. The minimum atomic E-state index is -0.149. The number of carbonyl (C=O) groups excluding carboxylic acids is 1. The molecule has 110 valence electrons. The van der Waals surface area contributed by atoms with E-state index in [-0.39, 0.29) is 11.9 Å². The van der Waals surface area contributed by atoms with Crippen LogP contribution in [0.15, 0.2) is 51.4 Å². The molecular weight excluding hydrogens is 398 g/mol. The molecule has 3 nitrogen and oxygen atoms in total. The van der Waals surface area contributed by atoms with Gasteiger partial charge < -0.3 is 10.1 Å². The van der Waals surface area contributed by atoms with Gasteiger partial charge in [0.05, 0.1) is 18.7 Å². The lowest BCUT2D eigenvalue weighted by Gasteiger charge is -2.16. The van der Waals surface area contributed by atoms with Gasteiger partial charge in [0.15, 0.2) is 0 Å². The van der Waals surface area contributed by atoms with Crippen LogP contribution in [-0.2, 0) is 0 Å². The molecule has 0 fully saturated rings. The fourth-order valence-electron chi connectivity index (χ4n) is 1.98. The van der Waals surface area contributed by atoms with E-state index in [0.29, 0.717) is 11.3 Å². The van der Waals surface area contributed by atoms with Gasteiger partial charge in [-0.15, -0.1) is 0 Å². The number of carbonyl (C=O) groups is 1. The number of hydrogen-bond acceptors (Lipinski definition) is 2. The maximum atomic E-state index is 12.4. The van der Waals surface area contributed by atoms with E-state index in [4.69, 9.17) is 4.74 Å². The second-order valence-corrected chi connectivity index (χ2v) is 6.27. The molecule has 0 saturated heterocycles. The maximum Gasteiger partial charge on any atom is 0.253 e. The average Bonchev–Trinajstić information content (AvgIpc) is 2.48. The first-order chi connectivity index (χ1) is 10.0. The summed E-state index contributed by atoms with van der Waals surface area (Å²) in [5.74, 6) is 0.501. The SMILES string of the molecule is COc1ccc(Br)c(C(=O)NC(C)c2ccccc2Br)c1. The third-order valence-electron chi connectivity index (χ3n) is 3.14. The second kappa shape index (κ2) is 7.09. The minimum Gasteiger partial charge on any atom is -0.497 e. The van der Waals surface area contributed by atoms with E-state index in [1.165, 1.54) is 0 Å². The third-order valence-corrected chi connectivity index (χ3v) is 4.55. The van der Waals surface area contributed by atoms with Crippen LogP contribution in [0.3, 0.4) is 0 Å². The molecule has 2 rings (SSSR count). The van der Waals surface area contributed by atoms with Crippen LogP contribution in [0.1, 0.15) is 28.9 Å². The van der Waals surface area contributed by atoms with Crippen molar-refractivity contribution >= 4 is 37.8 Å². The van der Waals surface area contributed by atoms with E-state index in [0.717, 1.165) is 14.5 Å². The Kier molecular flexibility index (Phi) is 5.42. The molecule has 0 saturated carbocycles. The van der Waals surface area contributed by atoms with E-state index in [9.17, 15) is 4.79 Å². The summed E-state index contributed by atoms with van der Waals surface area (Å²) < 4.78 is 6.87. The summed E-state index contributed by atoms with van der Waals surface area (Å²) >= 11 is 6.90. The molecule has 21 heavy (non-hydrogen) atoms. The normalized spacial score (nSPS) is 11.8. The van der Waals surface area contributed by atoms with Crippen LogP contribution in [0, 0.1) is 0 Å². The smallest absolute Gasteiger partial charge is 0.253 e. The topological polar surface area (TPSA) is 38.3 Å². The van der Waals surface area contributed by atoms with E-state index in [2.05, 4.69) is 37.2 Å². The Morgan fingerprint density at radius 3 is 2.52 bits per heavy atom. The lowest BCUT2D eigenvalue weighted by Crippen LogP contribution is -2.27. The number of rotatable bonds is 4. The maximum absolute atomic E-state index is 12.4. The highest BCUT2D eigenvalue weighted by Gasteiger charge is 2.16. The van der Waals surface area contributed by atoms with Crippen LogP contribution < -0.4 is 10.1 Å². The van der Waals surface area contributed by atoms with Gasteiger partial charge in [0.2, 0.25) is 0 Å². The molecule has 0 radical (unpaired) electrons. The van der Waals surface area contributed by atoms with Gasteiger partial charge >= 0.3 is 0 Å². The highest BCUT2D eigenvalue weighted by molar-refractivity contribution is 9.10. The molecule has 0 aromatic heterocycles. The van der Waals surface area contributed by atoms with Crippen molar-refractivity contribution in [2.45, 2.75) is 13.0 Å². The van der Waals surface area contributed by atoms with Crippen molar-refractivity contribution in [3.8, 4) is 5.75 Å². The zero-order valence-corrected chi connectivity index (χ0v) is 14.9. The summed E-state index contributed by atoms with van der Waals surface area (Å²) in [5, 5.41) is 2.99. The summed E-state index contributed by atoms with van der Waals surface area (Å²) in [7, 11) is 1.58. The van der Waals surface area contributed by atoms with Gasteiger partial charge in [0.25, 0.3) is 5.91 Å². The van der Waals surface area contributed by atoms with E-state index in [1.54, 1.807) is 25.3 Å². The Morgan fingerprint density at radius 1 is 1.14 bits per heavy atom. The van der Waals surface area contributed by atoms with Crippen molar-refractivity contribution in [3.05, 3.63) is 62.5 Å². The predicted octanol–water partition coefficient (Wildman–Crippen LogP) is 4.71. The first-order valence-corrected chi connectivity index (χ1v) is 8.00. The third kappa shape index (κ3) is 3.86. The number of methoxy groups -OCH3 is 1. The highest BCUT2D eigenvalue weighted by atomic mass is 79.9. The van der Waals surface area contributed by atoms with Gasteiger partial charge in [-0.3, -0.25) is 4.79 Å². The Labute approximate surface area is 141 Å². The molecule has 1 amide bonds. The van der Waals surface area contributed by atoms with Crippen LogP contribution in [0.25, 0.3) is 0 Å². The van der Waals surface area contributed by atoms with Gasteiger partial charge in [-0.1, -0.05) is 34.1 Å². The van der Waals surface area contributed by atoms with Crippen LogP contribution in [0.5, 0.6) is 5.75 Å². The van der Waals surface area contributed by atoms with Crippen molar-refractivity contribution in [3.63, 3.8) is 0 Å². The zero-order valence-electron chi connectivity index (χ0n) is 11.7. The lowest BCUT2D eigenvalue weighted by atomic mass is 10.1. The molecule has 1 atom stereocenters. The number of benzene rings is 2. The summed E-state index contributed by atoms with van der Waals surface area (Å²) in [6.07, 6.45) is 0. The number of ether oxygens (including phenoxy) is 1. The molecule has 0 spiro atoms. The van der Waals surface area contributed by atoms with Crippen molar-refractivity contribution in [1.82, 2.24) is 5.32 Å². The molecule has 1 unspecified atom stereocenters. The molecule has 0 bridgehead atoms. The number of hydrogen-bond donors (Lipinski definition) is 1. The van der Waals surface area contributed by atoms with Crippen LogP contribution in [0.2, 0.25) is 0 Å².